The van der Waals surface area contributed by atoms with Crippen molar-refractivity contribution in [3.05, 3.63) is 90.0 Å². The van der Waals surface area contributed by atoms with Crippen LogP contribution in [0.5, 0.6) is 6.01 Å². The van der Waals surface area contributed by atoms with E-state index < -0.39 is 5.82 Å². The van der Waals surface area contributed by atoms with Crippen LogP contribution in [0.1, 0.15) is 24.2 Å². The summed E-state index contributed by atoms with van der Waals surface area (Å²) in [7, 11) is 0. The Bertz CT molecular complexity index is 1240. The molecule has 1 aromatic heterocycles. The first-order valence-electron chi connectivity index (χ1n) is 9.96. The minimum atomic E-state index is -0.409. The minimum Gasteiger partial charge on any atom is -0.460 e. The molecule has 0 spiro atoms. The molecule has 0 bridgehead atoms. The van der Waals surface area contributed by atoms with Crippen LogP contribution in [0.15, 0.2) is 72.8 Å². The number of benzene rings is 3. The highest BCUT2D eigenvalue weighted by Gasteiger charge is 2.16. The van der Waals surface area contributed by atoms with Gasteiger partial charge in [-0.3, -0.25) is 4.79 Å². The lowest BCUT2D eigenvalue weighted by molar-refractivity contribution is 0.102. The molecule has 0 atom stereocenters. The van der Waals surface area contributed by atoms with Gasteiger partial charge >= 0.3 is 6.01 Å². The molecule has 1 heterocycles. The molecule has 0 saturated heterocycles. The van der Waals surface area contributed by atoms with E-state index in [-0.39, 0.29) is 23.8 Å². The van der Waals surface area contributed by atoms with Gasteiger partial charge in [0, 0.05) is 16.8 Å². The number of halogens is 2. The quantitative estimate of drug-likeness (QED) is 0.450. The fraction of sp³-hybridized carbons (Fsp3) is 0.125. The summed E-state index contributed by atoms with van der Waals surface area (Å²) in [6.45, 7) is 3.72. The van der Waals surface area contributed by atoms with Crippen LogP contribution in [0.4, 0.5) is 14.5 Å². The Balaban J connectivity index is 1.62. The number of aromatic nitrogens is 3. The standard InChI is InChI=1S/C24H20F2N4O2/c1-15(2)32-24-28-22(17-4-3-5-19(26)14-17)30(29-24)21-12-10-20(11-13-21)27-23(31)16-6-8-18(25)9-7-16/h3-15H,1-2H3,(H,27,31). The molecule has 0 aliphatic heterocycles. The summed E-state index contributed by atoms with van der Waals surface area (Å²) < 4.78 is 34.0. The molecule has 4 aromatic rings. The molecular formula is C24H20F2N4O2. The number of hydrogen-bond acceptors (Lipinski definition) is 4. The number of amides is 1. The van der Waals surface area contributed by atoms with Gasteiger partial charge in [-0.05, 0) is 74.5 Å². The fourth-order valence-electron chi connectivity index (χ4n) is 3.04. The molecule has 1 amide bonds. The molecule has 4 rings (SSSR count). The predicted molar refractivity (Wildman–Crippen MR) is 117 cm³/mol. The summed E-state index contributed by atoms with van der Waals surface area (Å²) >= 11 is 0. The summed E-state index contributed by atoms with van der Waals surface area (Å²) in [5.74, 6) is -0.731. The molecule has 0 radical (unpaired) electrons. The van der Waals surface area contributed by atoms with E-state index in [0.717, 1.165) is 0 Å². The van der Waals surface area contributed by atoms with Crippen LogP contribution in [0, 0.1) is 11.6 Å². The second-order valence-corrected chi connectivity index (χ2v) is 7.31. The van der Waals surface area contributed by atoms with Crippen LogP contribution in [0.3, 0.4) is 0 Å². The number of carbonyl (C=O) groups excluding carboxylic acids is 1. The molecule has 32 heavy (non-hydrogen) atoms. The van der Waals surface area contributed by atoms with Crippen molar-refractivity contribution in [2.24, 2.45) is 0 Å². The van der Waals surface area contributed by atoms with Crippen LogP contribution < -0.4 is 10.1 Å². The molecule has 0 unspecified atom stereocenters. The maximum Gasteiger partial charge on any atom is 0.336 e. The van der Waals surface area contributed by atoms with E-state index in [1.165, 1.54) is 36.4 Å². The monoisotopic (exact) mass is 434 g/mol. The van der Waals surface area contributed by atoms with Gasteiger partial charge in [0.1, 0.15) is 11.6 Å². The Morgan fingerprint density at radius 2 is 1.69 bits per heavy atom. The number of ether oxygens (including phenoxy) is 1. The van der Waals surface area contributed by atoms with Crippen molar-refractivity contribution in [2.45, 2.75) is 20.0 Å². The van der Waals surface area contributed by atoms with Crippen LogP contribution in [-0.4, -0.2) is 26.8 Å². The summed E-state index contributed by atoms with van der Waals surface area (Å²) in [6.07, 6.45) is -0.129. The van der Waals surface area contributed by atoms with Crippen molar-refractivity contribution in [1.29, 1.82) is 0 Å². The van der Waals surface area contributed by atoms with E-state index >= 15 is 0 Å². The molecule has 1 N–H and O–H groups in total. The second kappa shape index (κ2) is 8.97. The SMILES string of the molecule is CC(C)Oc1nc(-c2cccc(F)c2)n(-c2ccc(NC(=O)c3ccc(F)cc3)cc2)n1. The molecule has 0 aliphatic carbocycles. The van der Waals surface area contributed by atoms with E-state index in [4.69, 9.17) is 4.74 Å². The number of nitrogens with one attached hydrogen (secondary N) is 1. The number of carbonyl (C=O) groups is 1. The van der Waals surface area contributed by atoms with Gasteiger partial charge in [-0.1, -0.05) is 12.1 Å². The summed E-state index contributed by atoms with van der Waals surface area (Å²) in [6, 6.07) is 18.4. The molecule has 8 heteroatoms. The third kappa shape index (κ3) is 4.80. The van der Waals surface area contributed by atoms with Crippen molar-refractivity contribution in [3.63, 3.8) is 0 Å². The zero-order chi connectivity index (χ0) is 22.7. The molecule has 0 saturated carbocycles. The fourth-order valence-corrected chi connectivity index (χ4v) is 3.04. The van der Waals surface area contributed by atoms with E-state index in [2.05, 4.69) is 15.4 Å². The zero-order valence-corrected chi connectivity index (χ0v) is 17.4. The third-order valence-electron chi connectivity index (χ3n) is 4.49. The Kier molecular flexibility index (Phi) is 5.93. The van der Waals surface area contributed by atoms with Gasteiger partial charge in [0.2, 0.25) is 0 Å². The second-order valence-electron chi connectivity index (χ2n) is 7.31. The Morgan fingerprint density at radius 1 is 0.969 bits per heavy atom. The lowest BCUT2D eigenvalue weighted by Crippen LogP contribution is -2.12. The number of anilines is 1. The number of rotatable bonds is 6. The number of nitrogens with zero attached hydrogens (tertiary/aromatic N) is 3. The van der Waals surface area contributed by atoms with Gasteiger partial charge in [0.05, 0.1) is 11.8 Å². The van der Waals surface area contributed by atoms with Crippen molar-refractivity contribution in [3.8, 4) is 23.1 Å². The first-order chi connectivity index (χ1) is 15.4. The van der Waals surface area contributed by atoms with Gasteiger partial charge in [-0.15, -0.1) is 5.10 Å². The van der Waals surface area contributed by atoms with Gasteiger partial charge in [0.15, 0.2) is 5.82 Å². The molecule has 6 nitrogen and oxygen atoms in total. The van der Waals surface area contributed by atoms with Crippen molar-refractivity contribution in [2.75, 3.05) is 5.32 Å². The van der Waals surface area contributed by atoms with Crippen LogP contribution in [-0.2, 0) is 0 Å². The highest BCUT2D eigenvalue weighted by Crippen LogP contribution is 2.25. The molecule has 3 aromatic carbocycles. The summed E-state index contributed by atoms with van der Waals surface area (Å²) in [4.78, 5) is 16.8. The normalized spacial score (nSPS) is 10.9. The highest BCUT2D eigenvalue weighted by molar-refractivity contribution is 6.04. The predicted octanol–water partition coefficient (Wildman–Crippen LogP) is 5.25. The lowest BCUT2D eigenvalue weighted by Gasteiger charge is -2.09. The average Bonchev–Trinajstić information content (AvgIpc) is 3.18. The average molecular weight is 434 g/mol. The maximum atomic E-state index is 13.8. The lowest BCUT2D eigenvalue weighted by atomic mass is 10.2. The smallest absolute Gasteiger partial charge is 0.336 e. The topological polar surface area (TPSA) is 69.0 Å². The Labute approximate surface area is 183 Å². The third-order valence-corrected chi connectivity index (χ3v) is 4.49. The van der Waals surface area contributed by atoms with Crippen molar-refractivity contribution >= 4 is 11.6 Å². The van der Waals surface area contributed by atoms with Crippen molar-refractivity contribution in [1.82, 2.24) is 14.8 Å². The first kappa shape index (κ1) is 21.2. The van der Waals surface area contributed by atoms with Gasteiger partial charge in [-0.2, -0.15) is 4.98 Å². The van der Waals surface area contributed by atoms with Gasteiger partial charge in [-0.25, -0.2) is 13.5 Å². The van der Waals surface area contributed by atoms with Crippen molar-refractivity contribution < 1.29 is 18.3 Å². The van der Waals surface area contributed by atoms with Crippen LogP contribution >= 0.6 is 0 Å². The Morgan fingerprint density at radius 3 is 2.34 bits per heavy atom. The number of hydrogen-bond donors (Lipinski definition) is 1. The van der Waals surface area contributed by atoms with E-state index in [1.807, 2.05) is 13.8 Å². The summed E-state index contributed by atoms with van der Waals surface area (Å²) in [5.41, 5.74) is 2.09. The largest absolute Gasteiger partial charge is 0.460 e. The minimum absolute atomic E-state index is 0.129. The first-order valence-corrected chi connectivity index (χ1v) is 9.96. The molecule has 162 valence electrons. The van der Waals surface area contributed by atoms with Crippen LogP contribution in [0.25, 0.3) is 17.1 Å². The van der Waals surface area contributed by atoms with E-state index in [1.54, 1.807) is 41.1 Å². The van der Waals surface area contributed by atoms with Gasteiger partial charge < -0.3 is 10.1 Å². The van der Waals surface area contributed by atoms with E-state index in [0.29, 0.717) is 28.3 Å². The summed E-state index contributed by atoms with van der Waals surface area (Å²) in [5, 5.41) is 7.17. The van der Waals surface area contributed by atoms with Gasteiger partial charge in [0.25, 0.3) is 5.91 Å². The highest BCUT2D eigenvalue weighted by atomic mass is 19.1. The molecular weight excluding hydrogens is 414 g/mol. The zero-order valence-electron chi connectivity index (χ0n) is 17.4. The van der Waals surface area contributed by atoms with Crippen LogP contribution in [0.2, 0.25) is 0 Å². The molecule has 0 fully saturated rings. The Hall–Kier alpha value is -4.07. The van der Waals surface area contributed by atoms with E-state index in [9.17, 15) is 13.6 Å². The maximum absolute atomic E-state index is 13.8. The molecule has 0 aliphatic rings.